The highest BCUT2D eigenvalue weighted by atomic mass is 16.5. The quantitative estimate of drug-likeness (QED) is 0.596. The number of esters is 1. The summed E-state index contributed by atoms with van der Waals surface area (Å²) in [5, 5.41) is 0. The topological polar surface area (TPSA) is 84.0 Å². The van der Waals surface area contributed by atoms with Crippen LogP contribution < -0.4 is 0 Å². The van der Waals surface area contributed by atoms with E-state index in [9.17, 15) is 19.2 Å². The van der Waals surface area contributed by atoms with E-state index in [2.05, 4.69) is 0 Å². The molecule has 7 nitrogen and oxygen atoms in total. The number of ether oxygens (including phenoxy) is 1. The van der Waals surface area contributed by atoms with Crippen LogP contribution in [0.1, 0.15) is 60.7 Å². The van der Waals surface area contributed by atoms with Crippen LogP contribution in [0.5, 0.6) is 0 Å². The van der Waals surface area contributed by atoms with E-state index in [1.54, 1.807) is 29.2 Å². The van der Waals surface area contributed by atoms with Crippen LogP contribution in [0.25, 0.3) is 0 Å². The highest BCUT2D eigenvalue weighted by molar-refractivity contribution is 6.22. The molecule has 0 N–H and O–H groups in total. The van der Waals surface area contributed by atoms with Crippen LogP contribution >= 0.6 is 0 Å². The first-order valence-corrected chi connectivity index (χ1v) is 9.27. The molecule has 3 amide bonds. The Bertz CT molecular complexity index is 745. The lowest BCUT2D eigenvalue weighted by Crippen LogP contribution is -2.50. The van der Waals surface area contributed by atoms with Crippen molar-refractivity contribution in [3.63, 3.8) is 0 Å². The molecule has 144 valence electrons. The van der Waals surface area contributed by atoms with Crippen molar-refractivity contribution in [3.05, 3.63) is 35.4 Å². The van der Waals surface area contributed by atoms with E-state index in [0.29, 0.717) is 0 Å². The van der Waals surface area contributed by atoms with Gasteiger partial charge in [-0.15, -0.1) is 0 Å². The fourth-order valence-electron chi connectivity index (χ4n) is 3.91. The Hall–Kier alpha value is -2.70. The summed E-state index contributed by atoms with van der Waals surface area (Å²) < 4.78 is 5.15. The van der Waals surface area contributed by atoms with Gasteiger partial charge in [0.25, 0.3) is 17.7 Å². The summed E-state index contributed by atoms with van der Waals surface area (Å²) in [6.45, 7) is 5.01. The van der Waals surface area contributed by atoms with E-state index in [1.165, 1.54) is 6.92 Å². The van der Waals surface area contributed by atoms with Crippen molar-refractivity contribution in [3.8, 4) is 0 Å². The highest BCUT2D eigenvalue weighted by Gasteiger charge is 2.41. The van der Waals surface area contributed by atoms with Gasteiger partial charge in [0, 0.05) is 12.1 Å². The van der Waals surface area contributed by atoms with E-state index in [4.69, 9.17) is 4.74 Å². The molecule has 2 heterocycles. The van der Waals surface area contributed by atoms with Crippen LogP contribution in [-0.2, 0) is 14.3 Å². The van der Waals surface area contributed by atoms with Gasteiger partial charge in [-0.2, -0.15) is 0 Å². The molecule has 0 bridgehead atoms. The Morgan fingerprint density at radius 3 is 2.11 bits per heavy atom. The number of likely N-dealkylation sites (tertiary alicyclic amines) is 1. The molecule has 1 fully saturated rings. The van der Waals surface area contributed by atoms with E-state index < -0.39 is 23.8 Å². The van der Waals surface area contributed by atoms with Crippen molar-refractivity contribution in [2.45, 2.75) is 58.2 Å². The third kappa shape index (κ3) is 3.46. The third-order valence-electron chi connectivity index (χ3n) is 5.37. The lowest BCUT2D eigenvalue weighted by molar-refractivity contribution is -0.157. The summed E-state index contributed by atoms with van der Waals surface area (Å²) >= 11 is 0. The average Bonchev–Trinajstić information content (AvgIpc) is 2.90. The summed E-state index contributed by atoms with van der Waals surface area (Å²) in [5.74, 6) is -2.07. The van der Waals surface area contributed by atoms with Gasteiger partial charge >= 0.3 is 5.97 Å². The smallest absolute Gasteiger partial charge is 0.329 e. The number of amides is 3. The summed E-state index contributed by atoms with van der Waals surface area (Å²) in [4.78, 5) is 52.4. The molecule has 27 heavy (non-hydrogen) atoms. The van der Waals surface area contributed by atoms with Crippen molar-refractivity contribution >= 4 is 23.7 Å². The molecule has 0 aromatic heterocycles. The normalized spacial score (nSPS) is 23.2. The highest BCUT2D eigenvalue weighted by Crippen LogP contribution is 2.25. The summed E-state index contributed by atoms with van der Waals surface area (Å²) in [6.07, 6.45) is 2.92. The second-order valence-electron chi connectivity index (χ2n) is 7.24. The van der Waals surface area contributed by atoms with Crippen LogP contribution in [-0.4, -0.2) is 58.2 Å². The molecule has 0 radical (unpaired) electrons. The van der Waals surface area contributed by atoms with Crippen molar-refractivity contribution < 1.29 is 23.9 Å². The average molecular weight is 372 g/mol. The fraction of sp³-hybridized carbons (Fsp3) is 0.500. The van der Waals surface area contributed by atoms with E-state index in [0.717, 1.165) is 24.2 Å². The van der Waals surface area contributed by atoms with Gasteiger partial charge < -0.3 is 9.64 Å². The molecule has 1 aromatic carbocycles. The van der Waals surface area contributed by atoms with Crippen molar-refractivity contribution in [1.29, 1.82) is 0 Å². The van der Waals surface area contributed by atoms with Gasteiger partial charge in [-0.3, -0.25) is 19.3 Å². The standard InChI is InChI=1S/C20H24N2O5/c1-12-7-6-8-13(2)21(12)17(23)11-27-20(26)14(3)22-18(24)15-9-4-5-10-16(15)19(22)25/h4-5,9-10,12-14H,6-8,11H2,1-3H3/t12-,13-,14+/m0/s1. The molecule has 0 spiro atoms. The number of piperidine rings is 1. The lowest BCUT2D eigenvalue weighted by Gasteiger charge is -2.39. The number of carbonyl (C=O) groups excluding carboxylic acids is 4. The first-order valence-electron chi connectivity index (χ1n) is 9.27. The number of fused-ring (bicyclic) bond motifs is 1. The zero-order valence-corrected chi connectivity index (χ0v) is 15.8. The van der Waals surface area contributed by atoms with Crippen LogP contribution in [0.15, 0.2) is 24.3 Å². The van der Waals surface area contributed by atoms with Crippen LogP contribution in [0.3, 0.4) is 0 Å². The zero-order chi connectivity index (χ0) is 19.7. The molecule has 1 aromatic rings. The van der Waals surface area contributed by atoms with Gasteiger partial charge in [0.05, 0.1) is 11.1 Å². The summed E-state index contributed by atoms with van der Waals surface area (Å²) in [5.41, 5.74) is 0.545. The lowest BCUT2D eigenvalue weighted by atomic mass is 9.97. The number of hydrogen-bond acceptors (Lipinski definition) is 5. The Morgan fingerprint density at radius 2 is 1.59 bits per heavy atom. The third-order valence-corrected chi connectivity index (χ3v) is 5.37. The number of nitrogens with zero attached hydrogens (tertiary/aromatic N) is 2. The van der Waals surface area contributed by atoms with Crippen molar-refractivity contribution in [1.82, 2.24) is 9.80 Å². The summed E-state index contributed by atoms with van der Waals surface area (Å²) in [6, 6.07) is 5.54. The van der Waals surface area contributed by atoms with Crippen molar-refractivity contribution in [2.75, 3.05) is 6.61 Å². The maximum absolute atomic E-state index is 12.5. The second kappa shape index (κ2) is 7.50. The minimum absolute atomic E-state index is 0.105. The van der Waals surface area contributed by atoms with Crippen LogP contribution in [0, 0.1) is 0 Å². The van der Waals surface area contributed by atoms with Crippen LogP contribution in [0.2, 0.25) is 0 Å². The molecular formula is C20H24N2O5. The first-order chi connectivity index (χ1) is 12.8. The molecule has 1 saturated heterocycles. The number of imide groups is 1. The Kier molecular flexibility index (Phi) is 5.30. The molecule has 2 aliphatic rings. The molecule has 0 unspecified atom stereocenters. The number of carbonyl (C=O) groups is 4. The maximum Gasteiger partial charge on any atom is 0.329 e. The largest absolute Gasteiger partial charge is 0.454 e. The molecule has 0 aliphatic carbocycles. The zero-order valence-electron chi connectivity index (χ0n) is 15.8. The summed E-state index contributed by atoms with van der Waals surface area (Å²) in [7, 11) is 0. The molecule has 0 saturated carbocycles. The minimum Gasteiger partial charge on any atom is -0.454 e. The van der Waals surface area contributed by atoms with Gasteiger partial charge in [0.1, 0.15) is 6.04 Å². The Morgan fingerprint density at radius 1 is 1.07 bits per heavy atom. The van der Waals surface area contributed by atoms with Gasteiger partial charge in [0.15, 0.2) is 6.61 Å². The van der Waals surface area contributed by atoms with Crippen LogP contribution in [0.4, 0.5) is 0 Å². The Labute approximate surface area is 158 Å². The van der Waals surface area contributed by atoms with Gasteiger partial charge in [0.2, 0.25) is 0 Å². The first kappa shape index (κ1) is 19.1. The van der Waals surface area contributed by atoms with Crippen molar-refractivity contribution in [2.24, 2.45) is 0 Å². The molecule has 2 aliphatic heterocycles. The van der Waals surface area contributed by atoms with E-state index >= 15 is 0 Å². The molecule has 3 atom stereocenters. The molecular weight excluding hydrogens is 348 g/mol. The predicted molar refractivity (Wildman–Crippen MR) is 97.0 cm³/mol. The maximum atomic E-state index is 12.5. The Balaban J connectivity index is 1.62. The number of benzene rings is 1. The molecule has 7 heteroatoms. The van der Waals surface area contributed by atoms with E-state index in [-0.39, 0.29) is 35.7 Å². The molecule has 3 rings (SSSR count). The SMILES string of the molecule is C[C@H](C(=O)OCC(=O)N1[C@@H](C)CCC[C@@H]1C)N1C(=O)c2ccccc2C1=O. The monoisotopic (exact) mass is 372 g/mol. The van der Waals surface area contributed by atoms with E-state index in [1.807, 2.05) is 13.8 Å². The number of rotatable bonds is 4. The minimum atomic E-state index is -1.10. The predicted octanol–water partition coefficient (Wildman–Crippen LogP) is 2.00. The fourth-order valence-corrected chi connectivity index (χ4v) is 3.91. The van der Waals surface area contributed by atoms with Gasteiger partial charge in [-0.05, 0) is 52.2 Å². The second-order valence-corrected chi connectivity index (χ2v) is 7.24. The number of hydrogen-bond donors (Lipinski definition) is 0. The van der Waals surface area contributed by atoms with Gasteiger partial charge in [-0.1, -0.05) is 12.1 Å². The van der Waals surface area contributed by atoms with Gasteiger partial charge in [-0.25, -0.2) is 4.79 Å².